The zero-order valence-corrected chi connectivity index (χ0v) is 17.6. The van der Waals surface area contributed by atoms with Gasteiger partial charge in [-0.2, -0.15) is 0 Å². The molecule has 97 valence electrons. The molecular formula is C12H22AcINO2. The van der Waals surface area contributed by atoms with Gasteiger partial charge in [-0.1, -0.05) is 28.7 Å². The maximum absolute atomic E-state index is 10.0. The first-order valence-electron chi connectivity index (χ1n) is 5.83. The van der Waals surface area contributed by atoms with Crippen molar-refractivity contribution < 1.29 is 53.9 Å². The molecule has 1 saturated heterocycles. The Morgan fingerprint density at radius 1 is 1.59 bits per heavy atom. The number of likely N-dealkylation sites (tertiary alicyclic amines) is 1. The minimum absolute atomic E-state index is 0. The van der Waals surface area contributed by atoms with Gasteiger partial charge in [0.05, 0.1) is 12.2 Å². The molecular weight excluding hydrogens is 540 g/mol. The fraction of sp³-hybridized carbons (Fsp3) is 0.833. The zero-order valence-electron chi connectivity index (χ0n) is 10.7. The SMILES string of the molecule is COC(CC/C=C/[123I])C1CN(C)CCC1O.[Ac]. The number of halogens is 1. The Morgan fingerprint density at radius 2 is 2.29 bits per heavy atom. The molecule has 0 saturated carbocycles. The van der Waals surface area contributed by atoms with Crippen molar-refractivity contribution in [3.63, 3.8) is 0 Å². The van der Waals surface area contributed by atoms with Gasteiger partial charge in [0.15, 0.2) is 0 Å². The van der Waals surface area contributed by atoms with Crippen molar-refractivity contribution >= 4 is 22.6 Å². The summed E-state index contributed by atoms with van der Waals surface area (Å²) in [5.41, 5.74) is 0. The first-order valence-corrected chi connectivity index (χ1v) is 7.08. The number of rotatable bonds is 5. The third-order valence-corrected chi connectivity index (χ3v) is 3.82. The second-order valence-electron chi connectivity index (χ2n) is 4.50. The molecule has 5 heteroatoms. The maximum Gasteiger partial charge on any atom is 0.0639 e. The Labute approximate surface area is 154 Å². The Balaban J connectivity index is 0.00000256. The molecule has 0 spiro atoms. The summed E-state index contributed by atoms with van der Waals surface area (Å²) in [6, 6.07) is 0. The minimum Gasteiger partial charge on any atom is -0.393 e. The fourth-order valence-corrected chi connectivity index (χ4v) is 2.69. The summed E-state index contributed by atoms with van der Waals surface area (Å²) in [7, 11) is 3.86. The van der Waals surface area contributed by atoms with Gasteiger partial charge in [-0.05, 0) is 30.4 Å². The number of nitrogens with zero attached hydrogens (tertiary/aromatic N) is 1. The van der Waals surface area contributed by atoms with Crippen LogP contribution in [0.15, 0.2) is 10.2 Å². The van der Waals surface area contributed by atoms with E-state index in [0.717, 1.165) is 32.4 Å². The Morgan fingerprint density at radius 3 is 2.88 bits per heavy atom. The van der Waals surface area contributed by atoms with Crippen molar-refractivity contribution in [2.24, 2.45) is 5.92 Å². The number of aliphatic hydroxyl groups excluding tert-OH is 1. The van der Waals surface area contributed by atoms with Gasteiger partial charge in [-0.25, -0.2) is 0 Å². The molecule has 0 bridgehead atoms. The monoisotopic (exact) mass is 562 g/mol. The van der Waals surface area contributed by atoms with Crippen LogP contribution in [0.1, 0.15) is 19.3 Å². The third-order valence-electron chi connectivity index (χ3n) is 3.31. The number of hydrogen-bond acceptors (Lipinski definition) is 3. The number of ether oxygens (including phenoxy) is 1. The van der Waals surface area contributed by atoms with Gasteiger partial charge in [-0.15, -0.1) is 0 Å². The van der Waals surface area contributed by atoms with Crippen molar-refractivity contribution in [3.8, 4) is 0 Å². The van der Waals surface area contributed by atoms with Gasteiger partial charge in [0, 0.05) is 70.2 Å². The molecule has 0 aliphatic carbocycles. The molecule has 0 aromatic heterocycles. The molecule has 1 N–H and O–H groups in total. The van der Waals surface area contributed by atoms with Crippen LogP contribution in [-0.2, 0) is 4.74 Å². The molecule has 1 aliphatic heterocycles. The summed E-state index contributed by atoms with van der Waals surface area (Å²) in [5.74, 6) is 0.256. The molecule has 1 aliphatic rings. The smallest absolute Gasteiger partial charge is 0.0639 e. The quantitative estimate of drug-likeness (QED) is 0.522. The third kappa shape index (κ3) is 6.67. The molecule has 1 radical (unpaired) electrons. The van der Waals surface area contributed by atoms with Gasteiger partial charge in [-0.3, -0.25) is 0 Å². The van der Waals surface area contributed by atoms with Crippen LogP contribution in [0, 0.1) is 50.0 Å². The molecule has 0 amide bonds. The van der Waals surface area contributed by atoms with E-state index in [1.807, 2.05) is 4.08 Å². The van der Waals surface area contributed by atoms with Gasteiger partial charge in [0.25, 0.3) is 0 Å². The van der Waals surface area contributed by atoms with Crippen LogP contribution in [0.3, 0.4) is 0 Å². The fourth-order valence-electron chi connectivity index (χ4n) is 2.34. The summed E-state index contributed by atoms with van der Waals surface area (Å²) < 4.78 is 7.57. The molecule has 3 atom stereocenters. The van der Waals surface area contributed by atoms with E-state index in [2.05, 4.69) is 40.6 Å². The van der Waals surface area contributed by atoms with Crippen LogP contribution in [0.5, 0.6) is 0 Å². The van der Waals surface area contributed by atoms with Gasteiger partial charge in [0.2, 0.25) is 0 Å². The molecule has 0 aromatic carbocycles. The molecule has 3 unspecified atom stereocenters. The number of methoxy groups -OCH3 is 1. The van der Waals surface area contributed by atoms with E-state index in [1.54, 1.807) is 7.11 Å². The van der Waals surface area contributed by atoms with Gasteiger partial charge >= 0.3 is 0 Å². The second kappa shape index (κ2) is 10.6. The molecule has 1 rings (SSSR count). The van der Waals surface area contributed by atoms with Crippen LogP contribution in [0.25, 0.3) is 0 Å². The standard InChI is InChI=1S/C12H22INO2.Ac/c1-14-8-6-11(15)10(9-14)12(16-2)5-3-4-7-13;/h4,7,10-12,15H,3,5-6,8-9H2,1-2H3;/b7-4+;/i13-4;. The van der Waals surface area contributed by atoms with Crippen molar-refractivity contribution in [1.29, 1.82) is 0 Å². The Hall–Kier alpha value is 1.79. The van der Waals surface area contributed by atoms with E-state index < -0.39 is 0 Å². The van der Waals surface area contributed by atoms with Gasteiger partial charge in [0.1, 0.15) is 0 Å². The molecule has 17 heavy (non-hydrogen) atoms. The van der Waals surface area contributed by atoms with E-state index in [1.165, 1.54) is 0 Å². The number of piperidine rings is 1. The Bertz CT molecular complexity index is 229. The molecule has 1 heterocycles. The number of aliphatic hydroxyl groups is 1. The number of allylic oxidation sites excluding steroid dienone is 1. The molecule has 0 aromatic rings. The summed E-state index contributed by atoms with van der Waals surface area (Å²) in [6.07, 6.45) is 4.99. The summed E-state index contributed by atoms with van der Waals surface area (Å²) in [5, 5.41) is 10.0. The minimum atomic E-state index is -0.204. The Kier molecular flexibility index (Phi) is 11.7. The normalized spacial score (nSPS) is 28.0. The van der Waals surface area contributed by atoms with E-state index >= 15 is 0 Å². The zero-order chi connectivity index (χ0) is 12.0. The molecule has 3 nitrogen and oxygen atoms in total. The topological polar surface area (TPSA) is 32.7 Å². The van der Waals surface area contributed by atoms with Crippen molar-refractivity contribution in [2.75, 3.05) is 27.2 Å². The van der Waals surface area contributed by atoms with E-state index in [9.17, 15) is 5.11 Å². The average molecular weight is 562 g/mol. The van der Waals surface area contributed by atoms with Crippen LogP contribution >= 0.6 is 22.6 Å². The predicted octanol–water partition coefficient (Wildman–Crippen LogP) is 2.04. The van der Waals surface area contributed by atoms with E-state index in [0.29, 0.717) is 0 Å². The van der Waals surface area contributed by atoms with E-state index in [-0.39, 0.29) is 62.2 Å². The first-order chi connectivity index (χ1) is 7.69. The predicted molar refractivity (Wildman–Crippen MR) is 74.8 cm³/mol. The summed E-state index contributed by atoms with van der Waals surface area (Å²) >= 11 is 2.23. The van der Waals surface area contributed by atoms with Gasteiger partial charge < -0.3 is 14.7 Å². The van der Waals surface area contributed by atoms with Crippen LogP contribution < -0.4 is 0 Å². The van der Waals surface area contributed by atoms with Crippen molar-refractivity contribution in [2.45, 2.75) is 31.5 Å². The second-order valence-corrected chi connectivity index (χ2v) is 5.21. The molecule has 1 fully saturated rings. The van der Waals surface area contributed by atoms with Crippen LogP contribution in [-0.4, -0.2) is 49.5 Å². The summed E-state index contributed by atoms with van der Waals surface area (Å²) in [6.45, 7) is 1.93. The first kappa shape index (κ1) is 18.8. The van der Waals surface area contributed by atoms with Crippen molar-refractivity contribution in [1.82, 2.24) is 4.90 Å². The maximum atomic E-state index is 10.0. The van der Waals surface area contributed by atoms with Crippen molar-refractivity contribution in [3.05, 3.63) is 10.2 Å². The summed E-state index contributed by atoms with van der Waals surface area (Å²) in [4.78, 5) is 2.28. The number of hydrogen-bond donors (Lipinski definition) is 1. The average Bonchev–Trinajstić information content (AvgIpc) is 2.28. The van der Waals surface area contributed by atoms with Crippen LogP contribution in [0.2, 0.25) is 0 Å². The van der Waals surface area contributed by atoms with Crippen LogP contribution in [0.4, 0.5) is 0 Å². The van der Waals surface area contributed by atoms with E-state index in [4.69, 9.17) is 4.74 Å². The largest absolute Gasteiger partial charge is 0.393 e.